The summed E-state index contributed by atoms with van der Waals surface area (Å²) in [6.07, 6.45) is 3.65. The Balaban J connectivity index is 0.000000156. The Hall–Kier alpha value is -5.62. The molecule has 0 radical (unpaired) electrons. The van der Waals surface area contributed by atoms with Crippen LogP contribution in [0.1, 0.15) is 16.7 Å². The maximum absolute atomic E-state index is 12.5. The Kier molecular flexibility index (Phi) is 13.1. The second-order valence-electron chi connectivity index (χ2n) is 12.1. The average molecular weight is 850 g/mol. The number of methoxy groups -OCH3 is 2. The first-order valence-electron chi connectivity index (χ1n) is 17.0. The Bertz CT molecular complexity index is 2540. The third kappa shape index (κ3) is 9.25. The Labute approximate surface area is 341 Å². The molecule has 2 heterocycles. The lowest BCUT2D eigenvalue weighted by Gasteiger charge is -2.06. The van der Waals surface area contributed by atoms with Crippen molar-refractivity contribution in [3.8, 4) is 0 Å². The van der Waals surface area contributed by atoms with Gasteiger partial charge in [0.15, 0.2) is 23.0 Å². The molecule has 2 N–H and O–H groups in total. The van der Waals surface area contributed by atoms with Crippen molar-refractivity contribution in [3.05, 3.63) is 188 Å². The standard InChI is InChI=1S/C22H15ClO3.C16H11BrO3.C6H6BClO2/c1-25-21-19(13-16-7-4-6-14-5-2-3-8-18(14)16)26-22(24)20(21)15-9-11-17(23)12-10-15;1-19-15-13(20-16(18)14(15)17)9-11-7-4-6-10-5-2-3-8-12(10)11;8-6-3-1-5(2-4-6)7(9)10/h2-13H,1H3;2-9H,1H3;1-4,9-10H/b19-13-;13-9-;. The van der Waals surface area contributed by atoms with Crippen LogP contribution in [-0.2, 0) is 28.5 Å². The van der Waals surface area contributed by atoms with Crippen molar-refractivity contribution in [1.29, 1.82) is 0 Å². The largest absolute Gasteiger partial charge is 0.492 e. The molecule has 12 heteroatoms. The first-order chi connectivity index (χ1) is 27.1. The van der Waals surface area contributed by atoms with Gasteiger partial charge in [-0.25, -0.2) is 9.59 Å². The summed E-state index contributed by atoms with van der Waals surface area (Å²) < 4.78 is 21.7. The van der Waals surface area contributed by atoms with Gasteiger partial charge in [-0.15, -0.1) is 0 Å². The molecule has 0 amide bonds. The van der Waals surface area contributed by atoms with Crippen molar-refractivity contribution in [3.63, 3.8) is 0 Å². The van der Waals surface area contributed by atoms with Crippen LogP contribution in [-0.4, -0.2) is 43.3 Å². The van der Waals surface area contributed by atoms with E-state index in [9.17, 15) is 9.59 Å². The number of fused-ring (bicyclic) bond motifs is 2. The quantitative estimate of drug-likeness (QED) is 0.126. The zero-order valence-electron chi connectivity index (χ0n) is 29.9. The summed E-state index contributed by atoms with van der Waals surface area (Å²) in [5.41, 5.74) is 3.48. The lowest BCUT2D eigenvalue weighted by Crippen LogP contribution is -2.29. The molecule has 6 aromatic rings. The van der Waals surface area contributed by atoms with E-state index >= 15 is 0 Å². The first kappa shape index (κ1) is 40.1. The molecule has 8 rings (SSSR count). The van der Waals surface area contributed by atoms with E-state index in [-0.39, 0.29) is 0 Å². The highest BCUT2D eigenvalue weighted by molar-refractivity contribution is 9.12. The van der Waals surface area contributed by atoms with Crippen LogP contribution in [0.25, 0.3) is 39.3 Å². The van der Waals surface area contributed by atoms with Crippen LogP contribution < -0.4 is 5.46 Å². The molecular weight excluding hydrogens is 818 g/mol. The molecule has 6 aromatic carbocycles. The minimum absolute atomic E-state index is 0.312. The molecular formula is C44H32BBrCl2O8. The minimum Gasteiger partial charge on any atom is -0.492 e. The summed E-state index contributed by atoms with van der Waals surface area (Å²) in [7, 11) is 1.64. The van der Waals surface area contributed by atoms with Gasteiger partial charge in [0.05, 0.1) is 14.2 Å². The molecule has 0 unspecified atom stereocenters. The monoisotopic (exact) mass is 848 g/mol. The van der Waals surface area contributed by atoms with Crippen LogP contribution in [0.4, 0.5) is 0 Å². The number of benzene rings is 6. The number of hydrogen-bond acceptors (Lipinski definition) is 8. The van der Waals surface area contributed by atoms with Crippen molar-refractivity contribution in [2.24, 2.45) is 0 Å². The summed E-state index contributed by atoms with van der Waals surface area (Å²) in [6.45, 7) is 0. The Morgan fingerprint density at radius 1 is 0.589 bits per heavy atom. The second kappa shape index (κ2) is 18.3. The number of ether oxygens (including phenoxy) is 4. The van der Waals surface area contributed by atoms with E-state index in [4.69, 9.17) is 52.2 Å². The molecule has 8 nitrogen and oxygen atoms in total. The molecule has 0 spiro atoms. The fourth-order valence-corrected chi connectivity index (χ4v) is 6.61. The molecule has 0 bridgehead atoms. The number of carbonyl (C=O) groups excluding carboxylic acids is 2. The molecule has 2 aliphatic heterocycles. The van der Waals surface area contributed by atoms with Crippen molar-refractivity contribution >= 4 is 103 Å². The maximum atomic E-state index is 12.5. The van der Waals surface area contributed by atoms with E-state index < -0.39 is 19.1 Å². The van der Waals surface area contributed by atoms with Crippen molar-refractivity contribution in [2.45, 2.75) is 0 Å². The summed E-state index contributed by atoms with van der Waals surface area (Å²) in [4.78, 5) is 24.0. The topological polar surface area (TPSA) is 112 Å². The van der Waals surface area contributed by atoms with Crippen LogP contribution >= 0.6 is 39.1 Å². The third-order valence-electron chi connectivity index (χ3n) is 8.59. The number of halogens is 3. The Morgan fingerprint density at radius 2 is 1.04 bits per heavy atom. The van der Waals surface area contributed by atoms with E-state index in [1.54, 1.807) is 48.5 Å². The van der Waals surface area contributed by atoms with Gasteiger partial charge in [0.25, 0.3) is 0 Å². The van der Waals surface area contributed by atoms with Gasteiger partial charge >= 0.3 is 19.1 Å². The van der Waals surface area contributed by atoms with Gasteiger partial charge in [0, 0.05) is 10.0 Å². The number of esters is 2. The van der Waals surface area contributed by atoms with E-state index in [0.29, 0.717) is 54.2 Å². The summed E-state index contributed by atoms with van der Waals surface area (Å²) in [5.74, 6) is 0.789. The van der Waals surface area contributed by atoms with E-state index in [2.05, 4.69) is 15.9 Å². The molecule has 0 saturated heterocycles. The number of hydrogen-bond donors (Lipinski definition) is 2. The van der Waals surface area contributed by atoms with Crippen LogP contribution in [0.2, 0.25) is 10.0 Å². The smallest absolute Gasteiger partial charge is 0.488 e. The average Bonchev–Trinajstić information content (AvgIpc) is 3.67. The van der Waals surface area contributed by atoms with Crippen molar-refractivity contribution in [1.82, 2.24) is 0 Å². The van der Waals surface area contributed by atoms with Crippen LogP contribution in [0.3, 0.4) is 0 Å². The highest BCUT2D eigenvalue weighted by Gasteiger charge is 2.32. The minimum atomic E-state index is -1.41. The molecule has 280 valence electrons. The molecule has 0 saturated carbocycles. The van der Waals surface area contributed by atoms with E-state index in [0.717, 1.165) is 32.7 Å². The van der Waals surface area contributed by atoms with Gasteiger partial charge in [0.1, 0.15) is 10.1 Å². The van der Waals surface area contributed by atoms with Gasteiger partial charge in [-0.3, -0.25) is 0 Å². The van der Waals surface area contributed by atoms with Crippen molar-refractivity contribution in [2.75, 3.05) is 14.2 Å². The van der Waals surface area contributed by atoms with Crippen LogP contribution in [0.5, 0.6) is 0 Å². The normalized spacial score (nSPS) is 15.0. The molecule has 2 aliphatic rings. The first-order valence-corrected chi connectivity index (χ1v) is 18.6. The zero-order chi connectivity index (χ0) is 39.8. The lowest BCUT2D eigenvalue weighted by atomic mass is 9.81. The molecule has 0 fully saturated rings. The summed E-state index contributed by atoms with van der Waals surface area (Å²) in [6, 6.07) is 41.5. The molecule has 56 heavy (non-hydrogen) atoms. The van der Waals surface area contributed by atoms with Gasteiger partial charge in [-0.2, -0.15) is 0 Å². The third-order valence-corrected chi connectivity index (χ3v) is 9.78. The maximum Gasteiger partial charge on any atom is 0.488 e. The number of cyclic esters (lactones) is 2. The SMILES string of the molecule is COC1=C(Br)C(=O)O/C1=C\c1cccc2ccccc12.COC1=C(c2ccc(Cl)cc2)C(=O)O/C1=C\c1cccc2ccccc12.OB(O)c1ccc(Cl)cc1. The van der Waals surface area contributed by atoms with E-state index in [1.807, 2.05) is 97.1 Å². The highest BCUT2D eigenvalue weighted by Crippen LogP contribution is 2.36. The predicted molar refractivity (Wildman–Crippen MR) is 226 cm³/mol. The number of carbonyl (C=O) groups is 2. The predicted octanol–water partition coefficient (Wildman–Crippen LogP) is 9.46. The highest BCUT2D eigenvalue weighted by atomic mass is 79.9. The zero-order valence-corrected chi connectivity index (χ0v) is 33.0. The lowest BCUT2D eigenvalue weighted by molar-refractivity contribution is -0.132. The Morgan fingerprint density at radius 3 is 1.54 bits per heavy atom. The summed E-state index contributed by atoms with van der Waals surface area (Å²) in [5, 5.41) is 22.9. The summed E-state index contributed by atoms with van der Waals surface area (Å²) >= 11 is 14.7. The van der Waals surface area contributed by atoms with Gasteiger partial charge in [-0.1, -0.05) is 132 Å². The molecule has 0 aliphatic carbocycles. The second-order valence-corrected chi connectivity index (χ2v) is 13.8. The fraction of sp³-hybridized carbons (Fsp3) is 0.0455. The molecule has 0 atom stereocenters. The molecule has 0 aromatic heterocycles. The fourth-order valence-electron chi connectivity index (χ4n) is 5.92. The number of rotatable bonds is 6. The van der Waals surface area contributed by atoms with Crippen molar-refractivity contribution < 1.29 is 38.6 Å². The van der Waals surface area contributed by atoms with Crippen LogP contribution in [0, 0.1) is 0 Å². The van der Waals surface area contributed by atoms with Gasteiger partial charge < -0.3 is 29.0 Å². The van der Waals surface area contributed by atoms with Gasteiger partial charge in [-0.05, 0) is 96.0 Å². The van der Waals surface area contributed by atoms with E-state index in [1.165, 1.54) is 14.2 Å². The van der Waals surface area contributed by atoms with Gasteiger partial charge in [0.2, 0.25) is 0 Å². The van der Waals surface area contributed by atoms with Crippen LogP contribution in [0.15, 0.2) is 161 Å².